The standard InChI is InChI=1S/C21H27N7OS/c1-15-10-16(2)12-18(11-15)28-5-4-22-21(28)30-14-20(29)27-8-6-26(7-9-27)13-19-23-17(3)24-25-19/h4-5,10-12H,6-9,13-14H2,1-3H3,(H,23,24,25). The molecule has 3 heterocycles. The van der Waals surface area contributed by atoms with Gasteiger partial charge in [-0.3, -0.25) is 19.4 Å². The Balaban J connectivity index is 1.30. The smallest absolute Gasteiger partial charge is 0.233 e. The number of carbonyl (C=O) groups is 1. The first-order valence-corrected chi connectivity index (χ1v) is 11.1. The molecular weight excluding hydrogens is 398 g/mol. The molecule has 0 atom stereocenters. The molecule has 1 fully saturated rings. The molecule has 9 heteroatoms. The van der Waals surface area contributed by atoms with E-state index >= 15 is 0 Å². The predicted molar refractivity (Wildman–Crippen MR) is 117 cm³/mol. The van der Waals surface area contributed by atoms with Crippen LogP contribution in [-0.2, 0) is 11.3 Å². The van der Waals surface area contributed by atoms with Crippen molar-refractivity contribution >= 4 is 17.7 Å². The lowest BCUT2D eigenvalue weighted by Gasteiger charge is -2.34. The van der Waals surface area contributed by atoms with E-state index in [-0.39, 0.29) is 5.91 Å². The molecule has 8 nitrogen and oxygen atoms in total. The van der Waals surface area contributed by atoms with Crippen molar-refractivity contribution in [1.29, 1.82) is 0 Å². The van der Waals surface area contributed by atoms with E-state index in [4.69, 9.17) is 0 Å². The van der Waals surface area contributed by atoms with Gasteiger partial charge in [-0.05, 0) is 44.0 Å². The number of hydrogen-bond acceptors (Lipinski definition) is 6. The van der Waals surface area contributed by atoms with E-state index < -0.39 is 0 Å². The Hall–Kier alpha value is -2.65. The van der Waals surface area contributed by atoms with Crippen molar-refractivity contribution in [2.75, 3.05) is 31.9 Å². The SMILES string of the molecule is Cc1cc(C)cc(-n2ccnc2SCC(=O)N2CCN(Cc3n[nH]c(C)n3)CC2)c1. The lowest BCUT2D eigenvalue weighted by atomic mass is 10.1. The Morgan fingerprint density at radius 3 is 2.50 bits per heavy atom. The van der Waals surface area contributed by atoms with Crippen LogP contribution >= 0.6 is 11.8 Å². The Kier molecular flexibility index (Phi) is 6.19. The van der Waals surface area contributed by atoms with E-state index in [0.717, 1.165) is 48.7 Å². The number of aryl methyl sites for hydroxylation is 3. The van der Waals surface area contributed by atoms with Crippen molar-refractivity contribution in [1.82, 2.24) is 34.5 Å². The van der Waals surface area contributed by atoms with E-state index in [0.29, 0.717) is 12.3 Å². The monoisotopic (exact) mass is 425 g/mol. The topological polar surface area (TPSA) is 82.9 Å². The van der Waals surface area contributed by atoms with Gasteiger partial charge < -0.3 is 4.90 Å². The lowest BCUT2D eigenvalue weighted by molar-refractivity contribution is -0.130. The van der Waals surface area contributed by atoms with Crippen molar-refractivity contribution < 1.29 is 4.79 Å². The number of hydrogen-bond donors (Lipinski definition) is 1. The summed E-state index contributed by atoms with van der Waals surface area (Å²) in [5, 5.41) is 7.91. The summed E-state index contributed by atoms with van der Waals surface area (Å²) < 4.78 is 2.05. The first-order chi connectivity index (χ1) is 14.5. The summed E-state index contributed by atoms with van der Waals surface area (Å²) >= 11 is 1.49. The zero-order valence-electron chi connectivity index (χ0n) is 17.6. The van der Waals surface area contributed by atoms with Crippen LogP contribution in [0.25, 0.3) is 5.69 Å². The minimum atomic E-state index is 0.156. The van der Waals surface area contributed by atoms with E-state index in [9.17, 15) is 4.79 Å². The van der Waals surface area contributed by atoms with Gasteiger partial charge in [-0.1, -0.05) is 17.8 Å². The van der Waals surface area contributed by atoms with E-state index in [1.54, 1.807) is 6.20 Å². The molecule has 30 heavy (non-hydrogen) atoms. The van der Waals surface area contributed by atoms with Crippen LogP contribution in [-0.4, -0.2) is 72.4 Å². The maximum atomic E-state index is 12.7. The van der Waals surface area contributed by atoms with Crippen molar-refractivity contribution in [3.8, 4) is 5.69 Å². The molecule has 0 bridgehead atoms. The number of rotatable bonds is 6. The highest BCUT2D eigenvalue weighted by molar-refractivity contribution is 7.99. The molecule has 1 aliphatic rings. The van der Waals surface area contributed by atoms with E-state index in [2.05, 4.69) is 61.7 Å². The van der Waals surface area contributed by atoms with Crippen molar-refractivity contribution in [3.05, 3.63) is 53.4 Å². The fraction of sp³-hybridized carbons (Fsp3) is 0.429. The second kappa shape index (κ2) is 9.01. The number of H-pyrrole nitrogens is 1. The molecule has 1 aliphatic heterocycles. The average Bonchev–Trinajstić information content (AvgIpc) is 3.34. The average molecular weight is 426 g/mol. The quantitative estimate of drug-likeness (QED) is 0.611. The number of thioether (sulfide) groups is 1. The Bertz CT molecular complexity index is 1000. The molecule has 158 valence electrons. The van der Waals surface area contributed by atoms with Crippen LogP contribution in [0, 0.1) is 20.8 Å². The molecule has 1 amide bonds. The fourth-order valence-electron chi connectivity index (χ4n) is 3.72. The zero-order valence-corrected chi connectivity index (χ0v) is 18.4. The van der Waals surface area contributed by atoms with Crippen molar-refractivity contribution in [2.24, 2.45) is 0 Å². The summed E-state index contributed by atoms with van der Waals surface area (Å²) in [6.45, 7) is 9.93. The minimum absolute atomic E-state index is 0.156. The number of piperazine rings is 1. The summed E-state index contributed by atoms with van der Waals surface area (Å²) in [4.78, 5) is 25.8. The maximum absolute atomic E-state index is 12.7. The number of aromatic amines is 1. The summed E-state index contributed by atoms with van der Waals surface area (Å²) in [6, 6.07) is 6.42. The van der Waals surface area contributed by atoms with Gasteiger partial charge in [0.2, 0.25) is 5.91 Å². The van der Waals surface area contributed by atoms with Crippen LogP contribution in [0.2, 0.25) is 0 Å². The van der Waals surface area contributed by atoms with Gasteiger partial charge in [0, 0.05) is 44.3 Å². The number of amides is 1. The Labute approximate surface area is 180 Å². The third-order valence-corrected chi connectivity index (χ3v) is 6.10. The third kappa shape index (κ3) is 4.91. The van der Waals surface area contributed by atoms with Crippen molar-refractivity contribution in [2.45, 2.75) is 32.5 Å². The molecule has 0 spiro atoms. The molecular formula is C21H27N7OS. The highest BCUT2D eigenvalue weighted by atomic mass is 32.2. The molecule has 0 saturated carbocycles. The molecule has 1 N–H and O–H groups in total. The molecule has 1 saturated heterocycles. The number of nitrogens with zero attached hydrogens (tertiary/aromatic N) is 6. The summed E-state index contributed by atoms with van der Waals surface area (Å²) in [7, 11) is 0. The maximum Gasteiger partial charge on any atom is 0.233 e. The molecule has 0 unspecified atom stereocenters. The number of imidazole rings is 1. The highest BCUT2D eigenvalue weighted by Gasteiger charge is 2.22. The van der Waals surface area contributed by atoms with Crippen LogP contribution < -0.4 is 0 Å². The zero-order chi connectivity index (χ0) is 21.1. The molecule has 4 rings (SSSR count). The number of nitrogens with one attached hydrogen (secondary N) is 1. The normalized spacial score (nSPS) is 15.0. The van der Waals surface area contributed by atoms with Gasteiger partial charge >= 0.3 is 0 Å². The van der Waals surface area contributed by atoms with Crippen molar-refractivity contribution in [3.63, 3.8) is 0 Å². The molecule has 0 radical (unpaired) electrons. The molecule has 2 aromatic heterocycles. The fourth-order valence-corrected chi connectivity index (χ4v) is 4.59. The Morgan fingerprint density at radius 1 is 1.10 bits per heavy atom. The first-order valence-electron chi connectivity index (χ1n) is 10.1. The summed E-state index contributed by atoms with van der Waals surface area (Å²) in [5.74, 6) is 2.18. The number of carbonyl (C=O) groups excluding carboxylic acids is 1. The molecule has 0 aliphatic carbocycles. The van der Waals surface area contributed by atoms with Gasteiger partial charge in [-0.2, -0.15) is 5.10 Å². The minimum Gasteiger partial charge on any atom is -0.339 e. The second-order valence-electron chi connectivity index (χ2n) is 7.71. The van der Waals surface area contributed by atoms with Crippen LogP contribution in [0.5, 0.6) is 0 Å². The van der Waals surface area contributed by atoms with Gasteiger partial charge in [-0.15, -0.1) is 0 Å². The largest absolute Gasteiger partial charge is 0.339 e. The number of benzene rings is 1. The molecule has 3 aromatic rings. The van der Waals surface area contributed by atoms with Crippen LogP contribution in [0.3, 0.4) is 0 Å². The van der Waals surface area contributed by atoms with Crippen LogP contribution in [0.1, 0.15) is 22.8 Å². The Morgan fingerprint density at radius 2 is 1.83 bits per heavy atom. The molecule has 1 aromatic carbocycles. The van der Waals surface area contributed by atoms with E-state index in [1.165, 1.54) is 22.9 Å². The van der Waals surface area contributed by atoms with Gasteiger partial charge in [0.1, 0.15) is 5.82 Å². The summed E-state index contributed by atoms with van der Waals surface area (Å²) in [5.41, 5.74) is 3.50. The highest BCUT2D eigenvalue weighted by Crippen LogP contribution is 2.22. The van der Waals surface area contributed by atoms with Gasteiger partial charge in [0.15, 0.2) is 11.0 Å². The van der Waals surface area contributed by atoms with Crippen LogP contribution in [0.15, 0.2) is 35.7 Å². The van der Waals surface area contributed by atoms with E-state index in [1.807, 2.05) is 18.0 Å². The van der Waals surface area contributed by atoms with Gasteiger partial charge in [0.05, 0.1) is 12.3 Å². The van der Waals surface area contributed by atoms with Gasteiger partial charge in [0.25, 0.3) is 0 Å². The second-order valence-corrected chi connectivity index (χ2v) is 8.65. The number of aromatic nitrogens is 5. The lowest BCUT2D eigenvalue weighted by Crippen LogP contribution is -2.48. The van der Waals surface area contributed by atoms with Gasteiger partial charge in [-0.25, -0.2) is 9.97 Å². The summed E-state index contributed by atoms with van der Waals surface area (Å²) in [6.07, 6.45) is 3.73. The first kappa shape index (κ1) is 20.6. The predicted octanol–water partition coefficient (Wildman–Crippen LogP) is 2.35. The van der Waals surface area contributed by atoms with Crippen LogP contribution in [0.4, 0.5) is 0 Å². The third-order valence-electron chi connectivity index (χ3n) is 5.15.